The van der Waals surface area contributed by atoms with Crippen LogP contribution in [-0.4, -0.2) is 24.0 Å². The summed E-state index contributed by atoms with van der Waals surface area (Å²) in [6.45, 7) is 2.42. The second kappa shape index (κ2) is 5.64. The van der Waals surface area contributed by atoms with Gasteiger partial charge in [0.2, 0.25) is 5.91 Å². The van der Waals surface area contributed by atoms with Crippen LogP contribution in [0.25, 0.3) is 0 Å². The fraction of sp³-hybridized carbons (Fsp3) is 0.833. The molecule has 0 aliphatic carbocycles. The van der Waals surface area contributed by atoms with E-state index in [1.54, 1.807) is 0 Å². The summed E-state index contributed by atoms with van der Waals surface area (Å²) < 4.78 is 0. The third kappa shape index (κ3) is 5.32. The van der Waals surface area contributed by atoms with Gasteiger partial charge in [0.05, 0.1) is 5.29 Å². The number of hydrogen-bond donors (Lipinski definition) is 1. The van der Waals surface area contributed by atoms with E-state index >= 15 is 0 Å². The van der Waals surface area contributed by atoms with Gasteiger partial charge in [-0.15, -0.1) is 4.91 Å². The van der Waals surface area contributed by atoms with E-state index in [9.17, 15) is 9.70 Å². The van der Waals surface area contributed by atoms with Crippen molar-refractivity contribution in [3.05, 3.63) is 4.91 Å². The fourth-order valence-electron chi connectivity index (χ4n) is 0.669. The van der Waals surface area contributed by atoms with Crippen LogP contribution in [0, 0.1) is 4.91 Å². The van der Waals surface area contributed by atoms with Crippen molar-refractivity contribution in [1.29, 1.82) is 0 Å². The number of nitroso groups, excluding NO2 is 1. The first-order valence-corrected chi connectivity index (χ1v) is 3.57. The maximum Gasteiger partial charge on any atom is 0.238 e. The van der Waals surface area contributed by atoms with Crippen LogP contribution >= 0.6 is 0 Å². The molecule has 0 bridgehead atoms. The van der Waals surface area contributed by atoms with Crippen molar-refractivity contribution in [2.45, 2.75) is 19.8 Å². The molecular formula is C6H13N3O2. The number of unbranched alkanes of at least 4 members (excludes halogenated alkanes) is 1. The SMILES string of the molecule is CCCCN(CC(N)=O)N=O. The molecule has 0 aliphatic rings. The first kappa shape index (κ1) is 9.87. The van der Waals surface area contributed by atoms with Gasteiger partial charge in [-0.25, -0.2) is 0 Å². The number of amides is 1. The third-order valence-corrected chi connectivity index (χ3v) is 1.22. The van der Waals surface area contributed by atoms with Crippen LogP contribution in [0.4, 0.5) is 0 Å². The lowest BCUT2D eigenvalue weighted by Gasteiger charge is -2.11. The molecule has 0 fully saturated rings. The monoisotopic (exact) mass is 159 g/mol. The Balaban J connectivity index is 3.57. The summed E-state index contributed by atoms with van der Waals surface area (Å²) in [5.74, 6) is -0.527. The summed E-state index contributed by atoms with van der Waals surface area (Å²) in [6.07, 6.45) is 1.81. The van der Waals surface area contributed by atoms with Crippen molar-refractivity contribution < 1.29 is 4.79 Å². The van der Waals surface area contributed by atoms with Gasteiger partial charge in [0.1, 0.15) is 6.54 Å². The van der Waals surface area contributed by atoms with Crippen LogP contribution in [0.1, 0.15) is 19.8 Å². The molecule has 5 nitrogen and oxygen atoms in total. The highest BCUT2D eigenvalue weighted by Gasteiger charge is 2.04. The lowest BCUT2D eigenvalue weighted by atomic mass is 10.3. The van der Waals surface area contributed by atoms with Crippen molar-refractivity contribution >= 4 is 5.91 Å². The zero-order chi connectivity index (χ0) is 8.69. The number of hydrogen-bond acceptors (Lipinski definition) is 3. The Hall–Kier alpha value is -1.13. The molecule has 0 aromatic heterocycles. The summed E-state index contributed by atoms with van der Waals surface area (Å²) in [6, 6.07) is 0. The molecule has 0 atom stereocenters. The van der Waals surface area contributed by atoms with E-state index in [2.05, 4.69) is 5.29 Å². The highest BCUT2D eigenvalue weighted by Crippen LogP contribution is 1.93. The zero-order valence-electron chi connectivity index (χ0n) is 6.62. The topological polar surface area (TPSA) is 75.8 Å². The molecular weight excluding hydrogens is 146 g/mol. The molecule has 0 saturated heterocycles. The van der Waals surface area contributed by atoms with E-state index in [4.69, 9.17) is 5.73 Å². The van der Waals surface area contributed by atoms with Crippen LogP contribution in [-0.2, 0) is 4.79 Å². The minimum absolute atomic E-state index is 0.0799. The van der Waals surface area contributed by atoms with E-state index < -0.39 is 5.91 Å². The normalized spacial score (nSPS) is 9.18. The summed E-state index contributed by atoms with van der Waals surface area (Å²) >= 11 is 0. The van der Waals surface area contributed by atoms with Crippen molar-refractivity contribution in [2.24, 2.45) is 11.0 Å². The molecule has 0 saturated carbocycles. The standard InChI is InChI=1S/C6H13N3O2/c1-2-3-4-9(8-11)5-6(7)10/h2-5H2,1H3,(H2,7,10). The molecule has 11 heavy (non-hydrogen) atoms. The summed E-state index contributed by atoms with van der Waals surface area (Å²) in [5.41, 5.74) is 4.86. The Morgan fingerprint density at radius 2 is 2.27 bits per heavy atom. The number of carbonyl (C=O) groups is 1. The van der Waals surface area contributed by atoms with E-state index in [1.165, 1.54) is 0 Å². The summed E-state index contributed by atoms with van der Waals surface area (Å²) in [7, 11) is 0. The maximum atomic E-state index is 10.3. The van der Waals surface area contributed by atoms with E-state index in [1.807, 2.05) is 6.92 Å². The molecule has 0 aromatic carbocycles. The molecule has 2 N–H and O–H groups in total. The molecule has 5 heteroatoms. The number of carbonyl (C=O) groups excluding carboxylic acids is 1. The molecule has 0 spiro atoms. The Kier molecular flexibility index (Phi) is 5.06. The average Bonchev–Trinajstić information content (AvgIpc) is 1.97. The summed E-state index contributed by atoms with van der Waals surface area (Å²) in [4.78, 5) is 20.3. The maximum absolute atomic E-state index is 10.3. The fourth-order valence-corrected chi connectivity index (χ4v) is 0.669. The van der Waals surface area contributed by atoms with Crippen LogP contribution < -0.4 is 5.73 Å². The van der Waals surface area contributed by atoms with Gasteiger partial charge < -0.3 is 5.73 Å². The van der Waals surface area contributed by atoms with Crippen molar-refractivity contribution in [3.8, 4) is 0 Å². The van der Waals surface area contributed by atoms with Gasteiger partial charge in [0.15, 0.2) is 0 Å². The van der Waals surface area contributed by atoms with Gasteiger partial charge in [-0.2, -0.15) is 0 Å². The van der Waals surface area contributed by atoms with Gasteiger partial charge in [0, 0.05) is 6.54 Å². The second-order valence-corrected chi connectivity index (χ2v) is 2.29. The number of nitrogens with two attached hydrogens (primary N) is 1. The quantitative estimate of drug-likeness (QED) is 0.446. The van der Waals surface area contributed by atoms with E-state index in [0.29, 0.717) is 6.54 Å². The molecule has 0 rings (SSSR count). The number of nitrogens with zero attached hydrogens (tertiary/aromatic N) is 2. The predicted octanol–water partition coefficient (Wildman–Crippen LogP) is 0.255. The zero-order valence-corrected chi connectivity index (χ0v) is 6.62. The van der Waals surface area contributed by atoms with Crippen molar-refractivity contribution in [1.82, 2.24) is 5.01 Å². The first-order valence-electron chi connectivity index (χ1n) is 3.57. The van der Waals surface area contributed by atoms with Crippen LogP contribution in [0.15, 0.2) is 5.29 Å². The molecule has 0 radical (unpaired) electrons. The molecule has 0 heterocycles. The third-order valence-electron chi connectivity index (χ3n) is 1.22. The Morgan fingerprint density at radius 3 is 2.64 bits per heavy atom. The molecule has 0 unspecified atom stereocenters. The smallest absolute Gasteiger partial charge is 0.238 e. The minimum Gasteiger partial charge on any atom is -0.368 e. The Labute approximate surface area is 65.5 Å². The van der Waals surface area contributed by atoms with Crippen LogP contribution in [0.5, 0.6) is 0 Å². The van der Waals surface area contributed by atoms with Gasteiger partial charge in [-0.3, -0.25) is 9.80 Å². The second-order valence-electron chi connectivity index (χ2n) is 2.29. The highest BCUT2D eigenvalue weighted by molar-refractivity contribution is 5.75. The van der Waals surface area contributed by atoms with Gasteiger partial charge in [-0.05, 0) is 6.42 Å². The average molecular weight is 159 g/mol. The first-order chi connectivity index (χ1) is 5.20. The van der Waals surface area contributed by atoms with Crippen LogP contribution in [0.2, 0.25) is 0 Å². The minimum atomic E-state index is -0.527. The Bertz CT molecular complexity index is 138. The molecule has 0 aliphatic heterocycles. The molecule has 1 amide bonds. The van der Waals surface area contributed by atoms with Gasteiger partial charge >= 0.3 is 0 Å². The number of rotatable bonds is 6. The lowest BCUT2D eigenvalue weighted by molar-refractivity contribution is -0.119. The van der Waals surface area contributed by atoms with Gasteiger partial charge in [0.25, 0.3) is 0 Å². The van der Waals surface area contributed by atoms with Crippen molar-refractivity contribution in [3.63, 3.8) is 0 Å². The molecule has 0 aromatic rings. The van der Waals surface area contributed by atoms with E-state index in [-0.39, 0.29) is 6.54 Å². The van der Waals surface area contributed by atoms with E-state index in [0.717, 1.165) is 17.9 Å². The number of primary amides is 1. The summed E-state index contributed by atoms with van der Waals surface area (Å²) in [5, 5.41) is 3.78. The lowest BCUT2D eigenvalue weighted by Crippen LogP contribution is -2.30. The molecule has 64 valence electrons. The highest BCUT2D eigenvalue weighted by atomic mass is 16.3. The van der Waals surface area contributed by atoms with Crippen molar-refractivity contribution in [2.75, 3.05) is 13.1 Å². The van der Waals surface area contributed by atoms with Gasteiger partial charge in [-0.1, -0.05) is 13.3 Å². The largest absolute Gasteiger partial charge is 0.368 e. The predicted molar refractivity (Wildman–Crippen MR) is 41.5 cm³/mol. The van der Waals surface area contributed by atoms with Crippen LogP contribution in [0.3, 0.4) is 0 Å². The Morgan fingerprint density at radius 1 is 1.64 bits per heavy atom.